The van der Waals surface area contributed by atoms with E-state index in [1.165, 1.54) is 173 Å². The van der Waals surface area contributed by atoms with Crippen LogP contribution in [0, 0.1) is 0 Å². The quantitative estimate of drug-likeness (QED) is 0.0206. The monoisotopic (exact) mass is 988 g/mol. The maximum absolute atomic E-state index is 13.2. The molecule has 14 nitrogen and oxygen atoms in total. The van der Waals surface area contributed by atoms with Crippen LogP contribution >= 0.6 is 0 Å². The molecular formula is C55H105NO13. The molecule has 0 radical (unpaired) electrons. The van der Waals surface area contributed by atoms with E-state index in [9.17, 15) is 45.6 Å². The summed E-state index contributed by atoms with van der Waals surface area (Å²) in [6.45, 7) is 2.79. The first-order valence-electron chi connectivity index (χ1n) is 28.4. The number of unbranched alkanes of at least 4 members (excludes halogenated alkanes) is 32. The molecule has 0 aromatic heterocycles. The highest BCUT2D eigenvalue weighted by molar-refractivity contribution is 5.76. The van der Waals surface area contributed by atoms with Gasteiger partial charge in [0, 0.05) is 6.42 Å². The van der Waals surface area contributed by atoms with E-state index in [1.807, 2.05) is 6.08 Å². The van der Waals surface area contributed by atoms with Crippen LogP contribution in [0.2, 0.25) is 0 Å². The molecule has 4 unspecified atom stereocenters. The van der Waals surface area contributed by atoms with Crippen LogP contribution in [-0.4, -0.2) is 140 Å². The summed E-state index contributed by atoms with van der Waals surface area (Å²) >= 11 is 0. The number of allylic oxidation sites excluding steroid dienone is 1. The molecule has 0 bridgehead atoms. The summed E-state index contributed by atoms with van der Waals surface area (Å²) in [5.41, 5.74) is 0. The number of amides is 1. The summed E-state index contributed by atoms with van der Waals surface area (Å²) in [7, 11) is 0. The molecule has 0 spiro atoms. The van der Waals surface area contributed by atoms with Gasteiger partial charge in [-0.2, -0.15) is 0 Å². The highest BCUT2D eigenvalue weighted by Crippen LogP contribution is 2.30. The molecular weight excluding hydrogens is 883 g/mol. The van der Waals surface area contributed by atoms with Crippen molar-refractivity contribution < 1.29 is 64.6 Å². The zero-order valence-corrected chi connectivity index (χ0v) is 43.6. The Bertz CT molecular complexity index is 1210. The van der Waals surface area contributed by atoms with Gasteiger partial charge in [-0.3, -0.25) is 4.79 Å². The molecule has 14 heteroatoms. The SMILES string of the molecule is CCCCCCCCCC/C=C/[C@@H](O)[C@H](CO[C@@H]1O[C@H](CO)[C@@H](O[C@@H]2O[C@H](CO)[C@H](O)C(O)C2O)C(O)C1O)NC(=O)CCCCCCCCCCCCCCCCCCCCCCCCCCC. The van der Waals surface area contributed by atoms with Crippen LogP contribution in [0.25, 0.3) is 0 Å². The number of nitrogens with one attached hydrogen (secondary N) is 1. The number of aliphatic hydroxyl groups excluding tert-OH is 8. The van der Waals surface area contributed by atoms with E-state index in [2.05, 4.69) is 19.2 Å². The maximum atomic E-state index is 13.2. The second-order valence-corrected chi connectivity index (χ2v) is 20.4. The summed E-state index contributed by atoms with van der Waals surface area (Å²) in [5, 5.41) is 86.7. The first-order chi connectivity index (χ1) is 33.6. The van der Waals surface area contributed by atoms with Gasteiger partial charge in [-0.1, -0.05) is 225 Å². The number of aliphatic hydroxyl groups is 8. The Morgan fingerprint density at radius 3 is 1.33 bits per heavy atom. The van der Waals surface area contributed by atoms with E-state index < -0.39 is 86.8 Å². The lowest BCUT2D eigenvalue weighted by Crippen LogP contribution is -2.65. The largest absolute Gasteiger partial charge is 0.394 e. The van der Waals surface area contributed by atoms with E-state index in [1.54, 1.807) is 6.08 Å². The Hall–Kier alpha value is -1.27. The standard InChI is InChI=1S/C55H105NO13/c1-3-5-7-9-11-13-15-16-17-18-19-20-21-22-23-24-25-26-27-28-29-31-33-35-37-39-47(60)56-43(44(59)38-36-34-32-30-14-12-10-8-6-4-2)42-66-54-52(65)50(63)53(46(41-58)68-54)69-55-51(64)49(62)48(61)45(40-57)67-55/h36,38,43-46,48-55,57-59,61-65H,3-35,37,39-42H2,1-2H3,(H,56,60)/b38-36+/t43-,44+,45+,46+,48-,49?,50?,51?,52?,53+,54+,55-/m0/s1. The van der Waals surface area contributed by atoms with Gasteiger partial charge in [-0.05, 0) is 19.3 Å². The predicted octanol–water partition coefficient (Wildman–Crippen LogP) is 8.72. The third-order valence-corrected chi connectivity index (χ3v) is 14.2. The first-order valence-corrected chi connectivity index (χ1v) is 28.4. The fraction of sp³-hybridized carbons (Fsp3) is 0.945. The van der Waals surface area contributed by atoms with Crippen molar-refractivity contribution in [3.05, 3.63) is 12.2 Å². The minimum Gasteiger partial charge on any atom is -0.394 e. The summed E-state index contributed by atoms with van der Waals surface area (Å²) < 4.78 is 22.7. The second kappa shape index (κ2) is 42.1. The molecule has 408 valence electrons. The number of carbonyl (C=O) groups is 1. The lowest BCUT2D eigenvalue weighted by Gasteiger charge is -2.46. The van der Waals surface area contributed by atoms with Gasteiger partial charge in [0.2, 0.25) is 5.91 Å². The minimum atomic E-state index is -1.78. The molecule has 2 rings (SSSR count). The third kappa shape index (κ3) is 28.7. The van der Waals surface area contributed by atoms with Crippen LogP contribution in [0.5, 0.6) is 0 Å². The Labute approximate surface area is 418 Å². The molecule has 2 saturated heterocycles. The highest BCUT2D eigenvalue weighted by atomic mass is 16.7. The second-order valence-electron chi connectivity index (χ2n) is 20.4. The maximum Gasteiger partial charge on any atom is 0.220 e. The smallest absolute Gasteiger partial charge is 0.220 e. The zero-order chi connectivity index (χ0) is 50.3. The van der Waals surface area contributed by atoms with E-state index in [0.29, 0.717) is 6.42 Å². The Morgan fingerprint density at radius 1 is 0.507 bits per heavy atom. The average Bonchev–Trinajstić information content (AvgIpc) is 3.35. The van der Waals surface area contributed by atoms with Crippen molar-refractivity contribution >= 4 is 5.91 Å². The molecule has 0 saturated carbocycles. The molecule has 2 aliphatic heterocycles. The van der Waals surface area contributed by atoms with Crippen molar-refractivity contribution in [3.8, 4) is 0 Å². The van der Waals surface area contributed by atoms with Gasteiger partial charge >= 0.3 is 0 Å². The third-order valence-electron chi connectivity index (χ3n) is 14.2. The van der Waals surface area contributed by atoms with Gasteiger partial charge in [-0.15, -0.1) is 0 Å². The highest BCUT2D eigenvalue weighted by Gasteiger charge is 2.51. The molecule has 0 aromatic carbocycles. The molecule has 69 heavy (non-hydrogen) atoms. The minimum absolute atomic E-state index is 0.236. The van der Waals surface area contributed by atoms with Crippen molar-refractivity contribution in [2.24, 2.45) is 0 Å². The zero-order valence-electron chi connectivity index (χ0n) is 43.6. The van der Waals surface area contributed by atoms with E-state index in [4.69, 9.17) is 18.9 Å². The van der Waals surface area contributed by atoms with Crippen LogP contribution < -0.4 is 5.32 Å². The van der Waals surface area contributed by atoms with Crippen molar-refractivity contribution in [1.29, 1.82) is 0 Å². The summed E-state index contributed by atoms with van der Waals surface area (Å²) in [6, 6.07) is -0.907. The summed E-state index contributed by atoms with van der Waals surface area (Å²) in [4.78, 5) is 13.2. The molecule has 2 heterocycles. The number of hydrogen-bond acceptors (Lipinski definition) is 13. The van der Waals surface area contributed by atoms with Gasteiger partial charge in [0.05, 0.1) is 32.0 Å². The molecule has 1 amide bonds. The van der Waals surface area contributed by atoms with Crippen LogP contribution in [0.3, 0.4) is 0 Å². The molecule has 2 fully saturated rings. The van der Waals surface area contributed by atoms with Gasteiger partial charge in [-0.25, -0.2) is 0 Å². The van der Waals surface area contributed by atoms with Crippen LogP contribution in [0.1, 0.15) is 239 Å². The molecule has 12 atom stereocenters. The van der Waals surface area contributed by atoms with Crippen molar-refractivity contribution in [3.63, 3.8) is 0 Å². The normalized spacial score (nSPS) is 26.2. The lowest BCUT2D eigenvalue weighted by molar-refractivity contribution is -0.359. The number of rotatable bonds is 45. The predicted molar refractivity (Wildman–Crippen MR) is 272 cm³/mol. The number of carbonyl (C=O) groups excluding carboxylic acids is 1. The molecule has 0 aliphatic carbocycles. The fourth-order valence-electron chi connectivity index (χ4n) is 9.59. The Kier molecular flexibility index (Phi) is 39.0. The fourth-order valence-corrected chi connectivity index (χ4v) is 9.59. The van der Waals surface area contributed by atoms with Crippen LogP contribution in [-0.2, 0) is 23.7 Å². The van der Waals surface area contributed by atoms with Gasteiger partial charge in [0.15, 0.2) is 12.6 Å². The number of hydrogen-bond donors (Lipinski definition) is 9. The van der Waals surface area contributed by atoms with E-state index in [0.717, 1.165) is 38.5 Å². The Morgan fingerprint density at radius 2 is 0.899 bits per heavy atom. The van der Waals surface area contributed by atoms with Crippen LogP contribution in [0.4, 0.5) is 0 Å². The van der Waals surface area contributed by atoms with Crippen molar-refractivity contribution in [2.75, 3.05) is 19.8 Å². The lowest BCUT2D eigenvalue weighted by atomic mass is 9.97. The average molecular weight is 988 g/mol. The summed E-state index contributed by atoms with van der Waals surface area (Å²) in [5.74, 6) is -0.236. The van der Waals surface area contributed by atoms with Crippen molar-refractivity contribution in [1.82, 2.24) is 5.32 Å². The van der Waals surface area contributed by atoms with Gasteiger partial charge in [0.25, 0.3) is 0 Å². The number of ether oxygens (including phenoxy) is 4. The van der Waals surface area contributed by atoms with E-state index in [-0.39, 0.29) is 18.9 Å². The van der Waals surface area contributed by atoms with Crippen LogP contribution in [0.15, 0.2) is 12.2 Å². The van der Waals surface area contributed by atoms with Gasteiger partial charge < -0.3 is 65.1 Å². The van der Waals surface area contributed by atoms with E-state index >= 15 is 0 Å². The topological polar surface area (TPSA) is 228 Å². The molecule has 2 aliphatic rings. The first kappa shape index (κ1) is 63.8. The summed E-state index contributed by atoms with van der Waals surface area (Å²) in [6.07, 6.45) is 29.9. The van der Waals surface area contributed by atoms with Crippen molar-refractivity contribution in [2.45, 2.75) is 312 Å². The Balaban J connectivity index is 1.69. The molecule has 0 aromatic rings. The van der Waals surface area contributed by atoms with Gasteiger partial charge in [0.1, 0.15) is 48.8 Å². The molecule has 9 N–H and O–H groups in total.